The maximum atomic E-state index is 11.5. The minimum absolute atomic E-state index is 0.0911. The van der Waals surface area contributed by atoms with Gasteiger partial charge in [-0.25, -0.2) is 4.79 Å². The molecule has 0 unspecified atom stereocenters. The predicted molar refractivity (Wildman–Crippen MR) is 66.7 cm³/mol. The Morgan fingerprint density at radius 2 is 1.89 bits per heavy atom. The summed E-state index contributed by atoms with van der Waals surface area (Å²) in [4.78, 5) is 11.5. The van der Waals surface area contributed by atoms with E-state index in [4.69, 9.17) is 8.92 Å². The molecular formula is C11H21NO5S. The van der Waals surface area contributed by atoms with Crippen LogP contribution < -0.4 is 5.32 Å². The minimum Gasteiger partial charge on any atom is -0.444 e. The number of rotatable bonds is 3. The zero-order chi connectivity index (χ0) is 14.0. The van der Waals surface area contributed by atoms with Gasteiger partial charge < -0.3 is 10.1 Å². The van der Waals surface area contributed by atoms with Crippen LogP contribution in [0.15, 0.2) is 0 Å². The van der Waals surface area contributed by atoms with Crippen LogP contribution in [0.2, 0.25) is 0 Å². The Bertz CT molecular complexity index is 398. The molecule has 1 aliphatic rings. The van der Waals surface area contributed by atoms with Crippen molar-refractivity contribution in [2.24, 2.45) is 0 Å². The Morgan fingerprint density at radius 1 is 1.28 bits per heavy atom. The molecule has 1 fully saturated rings. The Kier molecular flexibility index (Phi) is 4.61. The smallest absolute Gasteiger partial charge is 0.407 e. The molecule has 1 N–H and O–H groups in total. The van der Waals surface area contributed by atoms with E-state index in [1.165, 1.54) is 0 Å². The van der Waals surface area contributed by atoms with E-state index in [1.807, 2.05) is 0 Å². The lowest BCUT2D eigenvalue weighted by molar-refractivity contribution is 0.0503. The van der Waals surface area contributed by atoms with Crippen molar-refractivity contribution in [3.8, 4) is 0 Å². The van der Waals surface area contributed by atoms with E-state index in [1.54, 1.807) is 20.8 Å². The largest absolute Gasteiger partial charge is 0.444 e. The third kappa shape index (κ3) is 6.20. The van der Waals surface area contributed by atoms with Crippen LogP contribution in [0.4, 0.5) is 4.79 Å². The molecule has 0 heterocycles. The molecule has 2 atom stereocenters. The van der Waals surface area contributed by atoms with E-state index in [-0.39, 0.29) is 12.1 Å². The second-order valence-electron chi connectivity index (χ2n) is 5.58. The fourth-order valence-electron chi connectivity index (χ4n) is 1.88. The quantitative estimate of drug-likeness (QED) is 0.790. The fourth-order valence-corrected chi connectivity index (χ4v) is 2.55. The van der Waals surface area contributed by atoms with E-state index in [0.717, 1.165) is 6.26 Å². The van der Waals surface area contributed by atoms with Gasteiger partial charge >= 0.3 is 6.09 Å². The summed E-state index contributed by atoms with van der Waals surface area (Å²) in [7, 11) is -3.43. The van der Waals surface area contributed by atoms with Gasteiger partial charge in [0.1, 0.15) is 5.60 Å². The summed E-state index contributed by atoms with van der Waals surface area (Å²) in [6.07, 6.45) is 2.01. The minimum atomic E-state index is -3.43. The molecule has 7 heteroatoms. The van der Waals surface area contributed by atoms with Crippen LogP contribution in [-0.4, -0.2) is 38.5 Å². The first-order valence-corrected chi connectivity index (χ1v) is 7.74. The second-order valence-corrected chi connectivity index (χ2v) is 7.18. The number of alkyl carbamates (subject to hydrolysis) is 1. The van der Waals surface area contributed by atoms with E-state index < -0.39 is 21.8 Å². The van der Waals surface area contributed by atoms with Crippen molar-refractivity contribution in [3.63, 3.8) is 0 Å². The molecule has 0 spiro atoms. The first kappa shape index (κ1) is 15.2. The fraction of sp³-hybridized carbons (Fsp3) is 0.909. The van der Waals surface area contributed by atoms with Gasteiger partial charge in [-0.1, -0.05) is 0 Å². The first-order valence-electron chi connectivity index (χ1n) is 5.93. The third-order valence-corrected chi connectivity index (χ3v) is 3.04. The van der Waals surface area contributed by atoms with Gasteiger partial charge in [0.2, 0.25) is 0 Å². The van der Waals surface area contributed by atoms with E-state index in [2.05, 4.69) is 5.32 Å². The number of amides is 1. The van der Waals surface area contributed by atoms with Crippen LogP contribution in [0.3, 0.4) is 0 Å². The number of ether oxygens (including phenoxy) is 1. The van der Waals surface area contributed by atoms with Gasteiger partial charge in [-0.05, 0) is 40.0 Å². The molecule has 1 rings (SSSR count). The topological polar surface area (TPSA) is 81.7 Å². The highest BCUT2D eigenvalue weighted by Gasteiger charge is 2.30. The van der Waals surface area contributed by atoms with Crippen molar-refractivity contribution in [1.82, 2.24) is 5.32 Å². The highest BCUT2D eigenvalue weighted by Crippen LogP contribution is 2.23. The van der Waals surface area contributed by atoms with E-state index in [0.29, 0.717) is 19.3 Å². The molecule has 106 valence electrons. The van der Waals surface area contributed by atoms with Crippen molar-refractivity contribution in [2.75, 3.05) is 6.26 Å². The normalized spacial score (nSPS) is 24.9. The predicted octanol–water partition coefficient (Wildman–Crippen LogP) is 1.41. The number of hydrogen-bond donors (Lipinski definition) is 1. The molecule has 1 amide bonds. The van der Waals surface area contributed by atoms with Crippen molar-refractivity contribution < 1.29 is 22.1 Å². The average Bonchev–Trinajstić information content (AvgIpc) is 2.44. The molecule has 0 saturated heterocycles. The first-order chi connectivity index (χ1) is 8.05. The summed E-state index contributed by atoms with van der Waals surface area (Å²) in [5, 5.41) is 2.72. The van der Waals surface area contributed by atoms with Crippen molar-refractivity contribution in [2.45, 2.75) is 57.8 Å². The number of carbonyl (C=O) groups excluding carboxylic acids is 1. The van der Waals surface area contributed by atoms with Crippen LogP contribution in [0.25, 0.3) is 0 Å². The zero-order valence-corrected chi connectivity index (χ0v) is 12.0. The summed E-state index contributed by atoms with van der Waals surface area (Å²) in [6.45, 7) is 5.37. The van der Waals surface area contributed by atoms with Gasteiger partial charge in [0.05, 0.1) is 12.4 Å². The highest BCUT2D eigenvalue weighted by atomic mass is 32.2. The molecule has 1 saturated carbocycles. The van der Waals surface area contributed by atoms with Gasteiger partial charge in [0.15, 0.2) is 0 Å². The zero-order valence-electron chi connectivity index (χ0n) is 11.2. The molecule has 0 aliphatic heterocycles. The van der Waals surface area contributed by atoms with Gasteiger partial charge in [0, 0.05) is 6.04 Å². The summed E-state index contributed by atoms with van der Waals surface area (Å²) in [5.41, 5.74) is -0.536. The van der Waals surface area contributed by atoms with Crippen molar-refractivity contribution in [1.29, 1.82) is 0 Å². The Balaban J connectivity index is 2.37. The molecule has 0 bridgehead atoms. The lowest BCUT2D eigenvalue weighted by Gasteiger charge is -2.21. The van der Waals surface area contributed by atoms with Crippen molar-refractivity contribution in [3.05, 3.63) is 0 Å². The lowest BCUT2D eigenvalue weighted by atomic mass is 10.2. The Labute approximate surface area is 108 Å². The van der Waals surface area contributed by atoms with Crippen LogP contribution >= 0.6 is 0 Å². The van der Waals surface area contributed by atoms with Crippen LogP contribution in [-0.2, 0) is 19.0 Å². The van der Waals surface area contributed by atoms with Gasteiger partial charge in [-0.2, -0.15) is 8.42 Å². The second kappa shape index (κ2) is 5.44. The number of carbonyl (C=O) groups is 1. The monoisotopic (exact) mass is 279 g/mol. The highest BCUT2D eigenvalue weighted by molar-refractivity contribution is 7.86. The van der Waals surface area contributed by atoms with Crippen molar-refractivity contribution >= 4 is 16.2 Å². The summed E-state index contributed by atoms with van der Waals surface area (Å²) in [6, 6.07) is -0.0911. The standard InChI is InChI=1S/C11H21NO5S/c1-11(2,3)16-10(13)12-8-5-6-9(7-8)17-18(4,14)15/h8-9H,5-7H2,1-4H3,(H,12,13)/t8-,9+/m1/s1. The summed E-state index contributed by atoms with van der Waals surface area (Å²) >= 11 is 0. The Hall–Kier alpha value is -0.820. The maximum absolute atomic E-state index is 11.5. The van der Waals surface area contributed by atoms with Gasteiger partial charge in [-0.15, -0.1) is 0 Å². The molecule has 6 nitrogen and oxygen atoms in total. The third-order valence-electron chi connectivity index (χ3n) is 2.42. The summed E-state index contributed by atoms with van der Waals surface area (Å²) < 4.78 is 32.0. The SMILES string of the molecule is CC(C)(C)OC(=O)N[C@@H]1CC[C@H](OS(C)(=O)=O)C1. The van der Waals surface area contributed by atoms with E-state index in [9.17, 15) is 13.2 Å². The molecule has 0 radical (unpaired) electrons. The lowest BCUT2D eigenvalue weighted by Crippen LogP contribution is -2.38. The molecule has 1 aliphatic carbocycles. The molecule has 0 aromatic carbocycles. The average molecular weight is 279 g/mol. The molecule has 0 aromatic heterocycles. The molecule has 18 heavy (non-hydrogen) atoms. The number of nitrogens with one attached hydrogen (secondary N) is 1. The maximum Gasteiger partial charge on any atom is 0.407 e. The van der Waals surface area contributed by atoms with Gasteiger partial charge in [0.25, 0.3) is 10.1 Å². The van der Waals surface area contributed by atoms with Crippen LogP contribution in [0.1, 0.15) is 40.0 Å². The summed E-state index contributed by atoms with van der Waals surface area (Å²) in [5.74, 6) is 0. The van der Waals surface area contributed by atoms with Crippen LogP contribution in [0.5, 0.6) is 0 Å². The molecule has 0 aromatic rings. The molecular weight excluding hydrogens is 258 g/mol. The van der Waals surface area contributed by atoms with Gasteiger partial charge in [-0.3, -0.25) is 4.18 Å². The Morgan fingerprint density at radius 3 is 2.39 bits per heavy atom. The number of hydrogen-bond acceptors (Lipinski definition) is 5. The van der Waals surface area contributed by atoms with Crippen LogP contribution in [0, 0.1) is 0 Å². The van der Waals surface area contributed by atoms with E-state index >= 15 is 0 Å².